The minimum Gasteiger partial charge on any atom is -0.393 e. The molecule has 4 aliphatic rings. The third-order valence-electron chi connectivity index (χ3n) is 10.4. The van der Waals surface area contributed by atoms with E-state index in [1.54, 1.807) is 0 Å². The van der Waals surface area contributed by atoms with Crippen LogP contribution in [0.2, 0.25) is 0 Å². The molecule has 198 valence electrons. The van der Waals surface area contributed by atoms with E-state index in [9.17, 15) is 26.5 Å². The number of aliphatic hydroxyl groups is 1. The van der Waals surface area contributed by atoms with Gasteiger partial charge >= 0.3 is 20.8 Å². The van der Waals surface area contributed by atoms with Crippen LogP contribution in [0.4, 0.5) is 0 Å². The molecule has 0 spiro atoms. The van der Waals surface area contributed by atoms with Gasteiger partial charge < -0.3 is 5.11 Å². The Labute approximate surface area is 203 Å². The molecule has 4 rings (SSSR count). The predicted molar refractivity (Wildman–Crippen MR) is 124 cm³/mol. The van der Waals surface area contributed by atoms with Gasteiger partial charge in [-0.3, -0.25) is 9.11 Å². The highest BCUT2D eigenvalue weighted by molar-refractivity contribution is 7.81. The molecule has 0 radical (unpaired) electrons. The second kappa shape index (κ2) is 9.22. The van der Waals surface area contributed by atoms with Gasteiger partial charge in [-0.15, -0.1) is 0 Å². The lowest BCUT2D eigenvalue weighted by atomic mass is 9.43. The second-order valence-corrected chi connectivity index (χ2v) is 14.1. The molecule has 0 unspecified atom stereocenters. The van der Waals surface area contributed by atoms with E-state index in [-0.39, 0.29) is 53.1 Å². The molecule has 4 fully saturated rings. The summed E-state index contributed by atoms with van der Waals surface area (Å²) in [5, 5.41) is 10.3. The number of rotatable bonds is 7. The molecule has 0 saturated heterocycles. The molecule has 0 aromatic heterocycles. The Hall–Kier alpha value is -0.300. The molecular formula is C23H40O9S2. The highest BCUT2D eigenvalue weighted by Crippen LogP contribution is 2.68. The maximum absolute atomic E-state index is 11.8. The molecule has 3 N–H and O–H groups in total. The van der Waals surface area contributed by atoms with E-state index >= 15 is 0 Å². The van der Waals surface area contributed by atoms with Crippen molar-refractivity contribution in [1.29, 1.82) is 0 Å². The first-order chi connectivity index (χ1) is 15.6. The van der Waals surface area contributed by atoms with E-state index in [1.807, 2.05) is 0 Å². The van der Waals surface area contributed by atoms with Gasteiger partial charge in [0.2, 0.25) is 0 Å². The fraction of sp³-hybridized carbons (Fsp3) is 1.00. The van der Waals surface area contributed by atoms with Gasteiger partial charge in [-0.1, -0.05) is 20.8 Å². The molecule has 0 aromatic rings. The minimum absolute atomic E-state index is 0.00318. The van der Waals surface area contributed by atoms with Crippen molar-refractivity contribution >= 4 is 20.8 Å². The molecule has 0 amide bonds. The lowest BCUT2D eigenvalue weighted by molar-refractivity contribution is -0.168. The lowest BCUT2D eigenvalue weighted by Gasteiger charge is -2.62. The van der Waals surface area contributed by atoms with Crippen molar-refractivity contribution in [2.24, 2.45) is 46.3 Å². The molecule has 4 saturated carbocycles. The molecule has 11 heteroatoms. The maximum atomic E-state index is 11.8. The van der Waals surface area contributed by atoms with Crippen LogP contribution in [0.5, 0.6) is 0 Å². The zero-order chi connectivity index (χ0) is 25.1. The monoisotopic (exact) mass is 524 g/mol. The van der Waals surface area contributed by atoms with Crippen molar-refractivity contribution in [2.75, 3.05) is 6.61 Å². The van der Waals surface area contributed by atoms with Crippen molar-refractivity contribution in [2.45, 2.75) is 90.8 Å². The highest BCUT2D eigenvalue weighted by Gasteiger charge is 2.63. The van der Waals surface area contributed by atoms with Crippen molar-refractivity contribution in [3.05, 3.63) is 0 Å². The number of hydrogen-bond donors (Lipinski definition) is 3. The predicted octanol–water partition coefficient (Wildman–Crippen LogP) is 3.65. The van der Waals surface area contributed by atoms with Gasteiger partial charge in [0.15, 0.2) is 0 Å². The summed E-state index contributed by atoms with van der Waals surface area (Å²) >= 11 is 0. The average molecular weight is 525 g/mol. The maximum Gasteiger partial charge on any atom is 0.397 e. The third kappa shape index (κ3) is 5.08. The first kappa shape index (κ1) is 26.8. The van der Waals surface area contributed by atoms with Gasteiger partial charge in [0.25, 0.3) is 0 Å². The summed E-state index contributed by atoms with van der Waals surface area (Å²) in [7, 11) is -9.07. The first-order valence-electron chi connectivity index (χ1n) is 12.6. The van der Waals surface area contributed by atoms with Crippen LogP contribution in [-0.2, 0) is 29.2 Å². The van der Waals surface area contributed by atoms with E-state index < -0.39 is 26.9 Å². The van der Waals surface area contributed by atoms with Crippen molar-refractivity contribution in [1.82, 2.24) is 0 Å². The van der Waals surface area contributed by atoms with E-state index in [0.29, 0.717) is 25.2 Å². The van der Waals surface area contributed by atoms with Crippen LogP contribution in [0, 0.1) is 46.3 Å². The fourth-order valence-corrected chi connectivity index (χ4v) is 9.77. The number of aliphatic hydroxyl groups excluding tert-OH is 1. The van der Waals surface area contributed by atoms with Gasteiger partial charge in [-0.2, -0.15) is 16.8 Å². The van der Waals surface area contributed by atoms with E-state index in [4.69, 9.17) is 8.74 Å². The van der Waals surface area contributed by atoms with E-state index in [1.165, 1.54) is 0 Å². The third-order valence-corrected chi connectivity index (χ3v) is 11.4. The topological polar surface area (TPSA) is 147 Å². The fourth-order valence-electron chi connectivity index (χ4n) is 8.95. The molecule has 4 aliphatic carbocycles. The Morgan fingerprint density at radius 3 is 2.21 bits per heavy atom. The number of fused-ring (bicyclic) bond motifs is 5. The van der Waals surface area contributed by atoms with Crippen molar-refractivity contribution in [3.63, 3.8) is 0 Å². The van der Waals surface area contributed by atoms with Gasteiger partial charge in [0.1, 0.15) is 0 Å². The molecule has 0 heterocycles. The van der Waals surface area contributed by atoms with Gasteiger partial charge in [-0.05, 0) is 104 Å². The van der Waals surface area contributed by atoms with Crippen LogP contribution in [-0.4, -0.2) is 49.9 Å². The molecular weight excluding hydrogens is 484 g/mol. The Morgan fingerprint density at radius 1 is 0.912 bits per heavy atom. The second-order valence-electron chi connectivity index (χ2n) is 12.0. The molecule has 0 aromatic carbocycles. The van der Waals surface area contributed by atoms with Crippen LogP contribution in [0.15, 0.2) is 0 Å². The number of hydrogen-bond acceptors (Lipinski definition) is 7. The largest absolute Gasteiger partial charge is 0.397 e. The zero-order valence-corrected chi connectivity index (χ0v) is 21.9. The average Bonchev–Trinajstić information content (AvgIpc) is 3.04. The molecule has 34 heavy (non-hydrogen) atoms. The summed E-state index contributed by atoms with van der Waals surface area (Å²) in [6.07, 6.45) is 6.17. The summed E-state index contributed by atoms with van der Waals surface area (Å²) in [6.45, 7) is 6.59. The molecule has 0 aliphatic heterocycles. The quantitative estimate of drug-likeness (QED) is 0.424. The Bertz CT molecular complexity index is 967. The summed E-state index contributed by atoms with van der Waals surface area (Å²) in [5.74, 6) is 1.14. The smallest absolute Gasteiger partial charge is 0.393 e. The van der Waals surface area contributed by atoms with Gasteiger partial charge in [0.05, 0.1) is 18.8 Å². The van der Waals surface area contributed by atoms with Crippen molar-refractivity contribution in [3.8, 4) is 0 Å². The van der Waals surface area contributed by atoms with Crippen LogP contribution in [0.25, 0.3) is 0 Å². The lowest BCUT2D eigenvalue weighted by Crippen LogP contribution is -2.59. The van der Waals surface area contributed by atoms with Crippen LogP contribution in [0.3, 0.4) is 0 Å². The van der Waals surface area contributed by atoms with Gasteiger partial charge in [-0.25, -0.2) is 8.37 Å². The normalized spacial score (nSPS) is 45.8. The first-order valence-corrected chi connectivity index (χ1v) is 15.3. The van der Waals surface area contributed by atoms with E-state index in [2.05, 4.69) is 25.0 Å². The summed E-state index contributed by atoms with van der Waals surface area (Å²) in [6, 6.07) is 0. The highest BCUT2D eigenvalue weighted by atomic mass is 32.3. The molecule has 10 atom stereocenters. The molecule has 0 bridgehead atoms. The zero-order valence-electron chi connectivity index (χ0n) is 20.3. The molecule has 9 nitrogen and oxygen atoms in total. The van der Waals surface area contributed by atoms with Crippen molar-refractivity contribution < 1.29 is 39.4 Å². The Morgan fingerprint density at radius 2 is 1.56 bits per heavy atom. The SMILES string of the molecule is C[C@H](CCOS(=O)(=O)O)[C@H]1CC[C@H]2[C@@H]3[C@@H](OS(=O)(=O)O)C[C@@H]4C[C@H](O)CC[C@]4(C)[C@H]3CC[C@]12C. The van der Waals surface area contributed by atoms with Crippen LogP contribution >= 0.6 is 0 Å². The van der Waals surface area contributed by atoms with E-state index in [0.717, 1.165) is 38.5 Å². The summed E-state index contributed by atoms with van der Waals surface area (Å²) in [5.41, 5.74) is -0.0474. The van der Waals surface area contributed by atoms with Crippen LogP contribution < -0.4 is 0 Å². The Balaban J connectivity index is 1.59. The summed E-state index contributed by atoms with van der Waals surface area (Å²) in [4.78, 5) is 0. The minimum atomic E-state index is -4.61. The van der Waals surface area contributed by atoms with Crippen LogP contribution in [0.1, 0.15) is 78.6 Å². The summed E-state index contributed by atoms with van der Waals surface area (Å²) < 4.78 is 73.9. The standard InChI is InChI=1S/C23H40O9S2/c1-14(8-11-31-33(25,26)27)17-4-5-18-21-19(7-10-23(17,18)3)22(2)9-6-16(24)12-15(22)13-20(21)32-34(28,29)30/h14-21,24H,4-13H2,1-3H3,(H,25,26,27)(H,28,29,30)/t14-,15+,16-,17-,18+,19+,20+,21+,22+,23-/m1/s1. The van der Waals surface area contributed by atoms with Gasteiger partial charge in [0, 0.05) is 0 Å². The Kier molecular flexibility index (Phi) is 7.25.